The smallest absolute Gasteiger partial charge is 0.0745 e. The van der Waals surface area contributed by atoms with Gasteiger partial charge in [-0.1, -0.05) is 0 Å². The Bertz CT molecular complexity index is 312. The molecular weight excluding hydrogens is 202 g/mol. The van der Waals surface area contributed by atoms with Crippen LogP contribution < -0.4 is 10.8 Å². The highest BCUT2D eigenvalue weighted by Crippen LogP contribution is 2.65. The fourth-order valence-electron chi connectivity index (χ4n) is 5.36. The zero-order valence-electron chi connectivity index (χ0n) is 9.84. The van der Waals surface area contributed by atoms with Crippen molar-refractivity contribution in [2.75, 3.05) is 6.54 Å². The molecule has 0 saturated heterocycles. The molecule has 0 aromatic heterocycles. The lowest BCUT2D eigenvalue weighted by atomic mass is 9.43. The van der Waals surface area contributed by atoms with Gasteiger partial charge in [0, 0.05) is 17.8 Å². The maximum atomic E-state index is 11.5. The molecule has 2 atom stereocenters. The minimum atomic E-state index is -0.768. The van der Waals surface area contributed by atoms with Crippen molar-refractivity contribution in [1.29, 1.82) is 0 Å². The van der Waals surface area contributed by atoms with Gasteiger partial charge >= 0.3 is 0 Å². The highest BCUT2D eigenvalue weighted by molar-refractivity contribution is 5.73. The van der Waals surface area contributed by atoms with Crippen LogP contribution in [-0.4, -0.2) is 12.5 Å². The Morgan fingerprint density at radius 2 is 1.88 bits per heavy atom. The highest BCUT2D eigenvalue weighted by Gasteiger charge is 2.57. The summed E-state index contributed by atoms with van der Waals surface area (Å²) >= 11 is 0. The summed E-state index contributed by atoms with van der Waals surface area (Å²) in [4.78, 5) is 11.5. The first kappa shape index (κ1) is 10.6. The molecule has 2 unspecified atom stereocenters. The Morgan fingerprint density at radius 1 is 1.25 bits per heavy atom. The number of carboxylic acids is 1. The first-order chi connectivity index (χ1) is 7.57. The number of hydrogen-bond donors (Lipinski definition) is 1. The van der Waals surface area contributed by atoms with E-state index in [0.717, 1.165) is 32.2 Å². The maximum absolute atomic E-state index is 11.5. The van der Waals surface area contributed by atoms with E-state index in [1.165, 1.54) is 19.3 Å². The lowest BCUT2D eigenvalue weighted by molar-refractivity contribution is -0.376. The van der Waals surface area contributed by atoms with Crippen LogP contribution in [0.3, 0.4) is 0 Å². The van der Waals surface area contributed by atoms with E-state index in [1.807, 2.05) is 0 Å². The quantitative estimate of drug-likeness (QED) is 0.729. The molecule has 4 saturated carbocycles. The van der Waals surface area contributed by atoms with Gasteiger partial charge in [-0.15, -0.1) is 0 Å². The van der Waals surface area contributed by atoms with Gasteiger partial charge in [0.25, 0.3) is 0 Å². The second-order valence-electron chi connectivity index (χ2n) is 6.63. The van der Waals surface area contributed by atoms with Crippen molar-refractivity contribution in [3.63, 3.8) is 0 Å². The zero-order valence-corrected chi connectivity index (χ0v) is 9.84. The summed E-state index contributed by atoms with van der Waals surface area (Å²) in [6.45, 7) is 0.947. The summed E-state index contributed by atoms with van der Waals surface area (Å²) in [5, 5.41) is 11.5. The average molecular weight is 223 g/mol. The molecule has 0 aromatic carbocycles. The van der Waals surface area contributed by atoms with Crippen LogP contribution in [0.2, 0.25) is 0 Å². The zero-order chi connectivity index (χ0) is 11.4. The number of carboxylic acid groups (broad SMARTS) is 1. The van der Waals surface area contributed by atoms with E-state index < -0.39 is 11.4 Å². The van der Waals surface area contributed by atoms with Gasteiger partial charge in [0.1, 0.15) is 0 Å². The van der Waals surface area contributed by atoms with Crippen LogP contribution in [0.15, 0.2) is 0 Å². The largest absolute Gasteiger partial charge is 0.550 e. The normalized spacial score (nSPS) is 49.6. The predicted octanol–water partition coefficient (Wildman–Crippen LogP) is -0.0451. The molecule has 0 radical (unpaired) electrons. The molecule has 4 fully saturated rings. The van der Waals surface area contributed by atoms with Gasteiger partial charge in [-0.2, -0.15) is 0 Å². The number of quaternary nitrogens is 1. The Balaban J connectivity index is 1.93. The van der Waals surface area contributed by atoms with Gasteiger partial charge in [0.2, 0.25) is 0 Å². The SMILES string of the molecule is [NH3+]CCC12CC3CC(C1)CC(C(=O)[O-])(C3)C2. The fourth-order valence-corrected chi connectivity index (χ4v) is 5.36. The monoisotopic (exact) mass is 223 g/mol. The average Bonchev–Trinajstić information content (AvgIpc) is 2.14. The van der Waals surface area contributed by atoms with Crippen molar-refractivity contribution in [3.05, 3.63) is 0 Å². The highest BCUT2D eigenvalue weighted by atomic mass is 16.4. The first-order valence-electron chi connectivity index (χ1n) is 6.58. The van der Waals surface area contributed by atoms with E-state index in [0.29, 0.717) is 17.3 Å². The van der Waals surface area contributed by atoms with Crippen molar-refractivity contribution in [2.45, 2.75) is 44.9 Å². The van der Waals surface area contributed by atoms with Crippen molar-refractivity contribution < 1.29 is 15.6 Å². The Kier molecular flexibility index (Phi) is 2.13. The van der Waals surface area contributed by atoms with E-state index >= 15 is 0 Å². The molecule has 4 rings (SSSR count). The Hall–Kier alpha value is -0.570. The van der Waals surface area contributed by atoms with Crippen LogP contribution in [0, 0.1) is 22.7 Å². The predicted molar refractivity (Wildman–Crippen MR) is 56.9 cm³/mol. The molecule has 90 valence electrons. The van der Waals surface area contributed by atoms with Gasteiger partial charge in [-0.25, -0.2) is 0 Å². The lowest BCUT2D eigenvalue weighted by Crippen LogP contribution is -2.60. The molecule has 0 amide bonds. The van der Waals surface area contributed by atoms with Crippen molar-refractivity contribution >= 4 is 5.97 Å². The van der Waals surface area contributed by atoms with E-state index in [4.69, 9.17) is 0 Å². The molecule has 4 aliphatic rings. The van der Waals surface area contributed by atoms with Crippen molar-refractivity contribution in [1.82, 2.24) is 0 Å². The molecule has 0 spiro atoms. The third kappa shape index (κ3) is 1.33. The molecule has 16 heavy (non-hydrogen) atoms. The first-order valence-corrected chi connectivity index (χ1v) is 6.58. The van der Waals surface area contributed by atoms with Crippen LogP contribution in [0.25, 0.3) is 0 Å². The summed E-state index contributed by atoms with van der Waals surface area (Å²) in [5.41, 5.74) is 3.82. The molecule has 0 aliphatic heterocycles. The van der Waals surface area contributed by atoms with Crippen LogP contribution in [0.5, 0.6) is 0 Å². The second kappa shape index (κ2) is 3.22. The minimum absolute atomic E-state index is 0.311. The third-order valence-corrected chi connectivity index (χ3v) is 5.32. The van der Waals surface area contributed by atoms with Crippen molar-refractivity contribution in [3.8, 4) is 0 Å². The Morgan fingerprint density at radius 3 is 2.38 bits per heavy atom. The summed E-state index contributed by atoms with van der Waals surface area (Å²) in [6.07, 6.45) is 7.57. The molecule has 3 nitrogen and oxygen atoms in total. The number of hydrogen-bond acceptors (Lipinski definition) is 2. The van der Waals surface area contributed by atoms with E-state index in [1.54, 1.807) is 0 Å². The molecule has 0 aromatic rings. The number of aliphatic carboxylic acids is 1. The molecule has 3 N–H and O–H groups in total. The van der Waals surface area contributed by atoms with Gasteiger partial charge < -0.3 is 15.6 Å². The fraction of sp³-hybridized carbons (Fsp3) is 0.923. The molecule has 3 heteroatoms. The van der Waals surface area contributed by atoms with Gasteiger partial charge in [0.15, 0.2) is 0 Å². The van der Waals surface area contributed by atoms with Gasteiger partial charge in [-0.05, 0) is 55.8 Å². The van der Waals surface area contributed by atoms with Gasteiger partial charge in [0.05, 0.1) is 6.54 Å². The summed E-state index contributed by atoms with van der Waals surface area (Å²) in [5.74, 6) is 0.548. The molecule has 0 heterocycles. The van der Waals surface area contributed by atoms with Crippen LogP contribution in [0.1, 0.15) is 44.9 Å². The van der Waals surface area contributed by atoms with E-state index in [2.05, 4.69) is 5.73 Å². The number of carbonyl (C=O) groups excluding carboxylic acids is 1. The Labute approximate surface area is 96.4 Å². The topological polar surface area (TPSA) is 67.8 Å². The van der Waals surface area contributed by atoms with Gasteiger partial charge in [-0.3, -0.25) is 0 Å². The lowest BCUT2D eigenvalue weighted by Gasteiger charge is -2.62. The van der Waals surface area contributed by atoms with E-state index in [-0.39, 0.29) is 0 Å². The second-order valence-corrected chi connectivity index (χ2v) is 6.63. The number of carbonyl (C=O) groups is 1. The van der Waals surface area contributed by atoms with Crippen LogP contribution in [0.4, 0.5) is 0 Å². The maximum Gasteiger partial charge on any atom is 0.0745 e. The summed E-state index contributed by atoms with van der Waals surface area (Å²) < 4.78 is 0. The van der Waals surface area contributed by atoms with E-state index in [9.17, 15) is 9.90 Å². The summed E-state index contributed by atoms with van der Waals surface area (Å²) in [6, 6.07) is 0. The van der Waals surface area contributed by atoms with Crippen LogP contribution >= 0.6 is 0 Å². The molecule has 4 bridgehead atoms. The van der Waals surface area contributed by atoms with Crippen molar-refractivity contribution in [2.24, 2.45) is 22.7 Å². The third-order valence-electron chi connectivity index (χ3n) is 5.32. The minimum Gasteiger partial charge on any atom is -0.550 e. The number of rotatable bonds is 3. The van der Waals surface area contributed by atoms with Crippen LogP contribution in [-0.2, 0) is 4.79 Å². The summed E-state index contributed by atoms with van der Waals surface area (Å²) in [7, 11) is 0. The molecular formula is C13H21NO2. The molecule has 4 aliphatic carbocycles. The standard InChI is InChI=1S/C13H21NO2/c14-2-1-12-4-9-3-10(5-12)7-13(6-9,8-12)11(15)16/h9-10H,1-8,14H2,(H,15,16).